The van der Waals surface area contributed by atoms with Crippen LogP contribution in [0.3, 0.4) is 0 Å². The lowest BCUT2D eigenvalue weighted by atomic mass is 9.80. The number of hydrogen-bond donors (Lipinski definition) is 1. The van der Waals surface area contributed by atoms with Crippen LogP contribution >= 0.6 is 0 Å². The summed E-state index contributed by atoms with van der Waals surface area (Å²) in [4.78, 5) is 25.6. The van der Waals surface area contributed by atoms with Crippen LogP contribution in [0.2, 0.25) is 0 Å². The Labute approximate surface area is 106 Å². The number of carbonyl (C=O) groups is 2. The summed E-state index contributed by atoms with van der Waals surface area (Å²) in [7, 11) is 0. The fourth-order valence-electron chi connectivity index (χ4n) is 2.43. The Morgan fingerprint density at radius 2 is 2.00 bits per heavy atom. The number of nitrogens with zero attached hydrogens (tertiary/aromatic N) is 1. The Bertz CT molecular complexity index is 510. The summed E-state index contributed by atoms with van der Waals surface area (Å²) >= 11 is 0. The lowest BCUT2D eigenvalue weighted by molar-refractivity contribution is -0.137. The van der Waals surface area contributed by atoms with E-state index in [4.69, 9.17) is 5.41 Å². The summed E-state index contributed by atoms with van der Waals surface area (Å²) in [5.41, 5.74) is -0.378. The van der Waals surface area contributed by atoms with Gasteiger partial charge in [0.15, 0.2) is 0 Å². The zero-order chi connectivity index (χ0) is 13.3. The van der Waals surface area contributed by atoms with Crippen molar-refractivity contribution in [2.45, 2.75) is 26.7 Å². The number of para-hydroxylation sites is 1. The predicted octanol–water partition coefficient (Wildman–Crippen LogP) is 2.39. The van der Waals surface area contributed by atoms with Crippen molar-refractivity contribution in [2.75, 3.05) is 4.90 Å². The number of carbonyl (C=O) groups excluding carboxylic acids is 2. The molecule has 1 saturated heterocycles. The van der Waals surface area contributed by atoms with Gasteiger partial charge in [0.05, 0.1) is 5.69 Å². The Morgan fingerprint density at radius 3 is 2.44 bits per heavy atom. The number of rotatable bonds is 3. The van der Waals surface area contributed by atoms with Crippen molar-refractivity contribution in [1.82, 2.24) is 0 Å². The Balaban J connectivity index is 2.45. The van der Waals surface area contributed by atoms with Crippen molar-refractivity contribution >= 4 is 23.2 Å². The Morgan fingerprint density at radius 1 is 1.39 bits per heavy atom. The second-order valence-electron chi connectivity index (χ2n) is 4.59. The van der Waals surface area contributed by atoms with Gasteiger partial charge in [0, 0.05) is 6.42 Å². The van der Waals surface area contributed by atoms with E-state index in [0.717, 1.165) is 0 Å². The highest BCUT2D eigenvalue weighted by Crippen LogP contribution is 2.39. The zero-order valence-corrected chi connectivity index (χ0v) is 10.6. The largest absolute Gasteiger partial charge is 0.299 e. The van der Waals surface area contributed by atoms with Crippen LogP contribution in [0, 0.1) is 10.8 Å². The van der Waals surface area contributed by atoms with Crippen LogP contribution in [-0.2, 0) is 9.59 Å². The molecule has 0 saturated carbocycles. The highest BCUT2D eigenvalue weighted by atomic mass is 16.2. The van der Waals surface area contributed by atoms with Crippen molar-refractivity contribution in [2.24, 2.45) is 5.41 Å². The first-order valence-electron chi connectivity index (χ1n) is 6.01. The topological polar surface area (TPSA) is 61.2 Å². The molecular formula is C14H16N2O2. The first-order valence-corrected chi connectivity index (χ1v) is 6.01. The number of amides is 1. The summed E-state index contributed by atoms with van der Waals surface area (Å²) in [6.45, 7) is 3.25. The monoisotopic (exact) mass is 244 g/mol. The molecule has 4 heteroatoms. The standard InChI is InChI=1S/C14H16N2O2/c1-3-14(10(2)17)9-12(15)16(13(14)18)11-7-5-4-6-8-11/h4-8,15H,3,9H2,1-2H3. The van der Waals surface area contributed by atoms with Crippen LogP contribution in [0.4, 0.5) is 5.69 Å². The lowest BCUT2D eigenvalue weighted by Crippen LogP contribution is -2.39. The van der Waals surface area contributed by atoms with Gasteiger partial charge >= 0.3 is 0 Å². The van der Waals surface area contributed by atoms with E-state index in [1.54, 1.807) is 12.1 Å². The molecular weight excluding hydrogens is 228 g/mol. The third kappa shape index (κ3) is 1.65. The molecule has 1 heterocycles. The molecule has 0 radical (unpaired) electrons. The van der Waals surface area contributed by atoms with Gasteiger partial charge in [-0.25, -0.2) is 0 Å². The van der Waals surface area contributed by atoms with E-state index >= 15 is 0 Å². The molecule has 0 aromatic heterocycles. The van der Waals surface area contributed by atoms with Crippen LogP contribution < -0.4 is 4.90 Å². The van der Waals surface area contributed by atoms with Gasteiger partial charge in [-0.1, -0.05) is 25.1 Å². The fourth-order valence-corrected chi connectivity index (χ4v) is 2.43. The SMILES string of the molecule is CCC1(C(C)=O)CC(=N)N(c2ccccc2)C1=O. The molecule has 4 nitrogen and oxygen atoms in total. The molecule has 2 rings (SSSR count). The first-order chi connectivity index (χ1) is 8.53. The fraction of sp³-hybridized carbons (Fsp3) is 0.357. The van der Waals surface area contributed by atoms with Gasteiger partial charge in [0.25, 0.3) is 0 Å². The van der Waals surface area contributed by atoms with Crippen LogP contribution in [-0.4, -0.2) is 17.5 Å². The van der Waals surface area contributed by atoms with Gasteiger partial charge in [0.1, 0.15) is 17.0 Å². The molecule has 1 unspecified atom stereocenters. The number of anilines is 1. The van der Waals surface area contributed by atoms with Gasteiger partial charge in [0.2, 0.25) is 5.91 Å². The first kappa shape index (κ1) is 12.5. The van der Waals surface area contributed by atoms with Crippen LogP contribution in [0.15, 0.2) is 30.3 Å². The smallest absolute Gasteiger partial charge is 0.246 e. The number of ketones is 1. The van der Waals surface area contributed by atoms with Crippen molar-refractivity contribution in [3.8, 4) is 0 Å². The lowest BCUT2D eigenvalue weighted by Gasteiger charge is -2.22. The van der Waals surface area contributed by atoms with E-state index in [1.807, 2.05) is 25.1 Å². The normalized spacial score (nSPS) is 23.6. The van der Waals surface area contributed by atoms with E-state index in [-0.39, 0.29) is 23.9 Å². The highest BCUT2D eigenvalue weighted by Gasteiger charge is 2.52. The van der Waals surface area contributed by atoms with E-state index < -0.39 is 5.41 Å². The van der Waals surface area contributed by atoms with Gasteiger partial charge in [-0.05, 0) is 25.5 Å². The minimum Gasteiger partial charge on any atom is -0.299 e. The van der Waals surface area contributed by atoms with E-state index in [2.05, 4.69) is 0 Å². The maximum absolute atomic E-state index is 12.5. The summed E-state index contributed by atoms with van der Waals surface area (Å²) < 4.78 is 0. The minimum absolute atomic E-state index is 0.154. The number of benzene rings is 1. The zero-order valence-electron chi connectivity index (χ0n) is 10.6. The average molecular weight is 244 g/mol. The summed E-state index contributed by atoms with van der Waals surface area (Å²) in [5.74, 6) is -0.227. The minimum atomic E-state index is -1.03. The molecule has 0 bridgehead atoms. The molecule has 1 fully saturated rings. The van der Waals surface area contributed by atoms with Crippen LogP contribution in [0.25, 0.3) is 0 Å². The van der Waals surface area contributed by atoms with E-state index in [9.17, 15) is 9.59 Å². The van der Waals surface area contributed by atoms with Crippen LogP contribution in [0.1, 0.15) is 26.7 Å². The summed E-state index contributed by atoms with van der Waals surface area (Å²) in [6.07, 6.45) is 0.638. The van der Waals surface area contributed by atoms with E-state index in [1.165, 1.54) is 11.8 Å². The molecule has 0 aliphatic carbocycles. The Hall–Kier alpha value is -1.97. The average Bonchev–Trinajstić information content (AvgIpc) is 2.62. The molecule has 94 valence electrons. The summed E-state index contributed by atoms with van der Waals surface area (Å²) in [6, 6.07) is 9.04. The van der Waals surface area contributed by atoms with E-state index in [0.29, 0.717) is 12.1 Å². The molecule has 18 heavy (non-hydrogen) atoms. The molecule has 1 aliphatic rings. The van der Waals surface area contributed by atoms with Crippen molar-refractivity contribution in [3.05, 3.63) is 30.3 Å². The maximum Gasteiger partial charge on any atom is 0.246 e. The molecule has 0 spiro atoms. The third-order valence-corrected chi connectivity index (χ3v) is 3.64. The predicted molar refractivity (Wildman–Crippen MR) is 69.7 cm³/mol. The Kier molecular flexibility index (Phi) is 3.03. The number of hydrogen-bond acceptors (Lipinski definition) is 3. The molecule has 1 N–H and O–H groups in total. The van der Waals surface area contributed by atoms with Gasteiger partial charge in [-0.2, -0.15) is 0 Å². The molecule has 1 aliphatic heterocycles. The number of amidine groups is 1. The van der Waals surface area contributed by atoms with Gasteiger partial charge < -0.3 is 0 Å². The van der Waals surface area contributed by atoms with Crippen molar-refractivity contribution in [1.29, 1.82) is 5.41 Å². The summed E-state index contributed by atoms with van der Waals surface area (Å²) in [5, 5.41) is 7.98. The second-order valence-corrected chi connectivity index (χ2v) is 4.59. The number of Topliss-reactive ketones (excluding diaryl/α,β-unsaturated/α-hetero) is 1. The molecule has 1 amide bonds. The quantitative estimate of drug-likeness (QED) is 0.830. The third-order valence-electron chi connectivity index (χ3n) is 3.64. The van der Waals surface area contributed by atoms with Crippen molar-refractivity contribution in [3.63, 3.8) is 0 Å². The molecule has 1 atom stereocenters. The highest BCUT2D eigenvalue weighted by molar-refractivity contribution is 6.29. The second kappa shape index (κ2) is 4.37. The van der Waals surface area contributed by atoms with Crippen LogP contribution in [0.5, 0.6) is 0 Å². The van der Waals surface area contributed by atoms with Gasteiger partial charge in [-0.15, -0.1) is 0 Å². The number of nitrogens with one attached hydrogen (secondary N) is 1. The maximum atomic E-state index is 12.5. The van der Waals surface area contributed by atoms with Crippen molar-refractivity contribution < 1.29 is 9.59 Å². The molecule has 1 aromatic rings. The van der Waals surface area contributed by atoms with Gasteiger partial charge in [-0.3, -0.25) is 19.9 Å². The molecule has 1 aromatic carbocycles.